The molecular weight excluding hydrogens is 326 g/mol. The van der Waals surface area contributed by atoms with Gasteiger partial charge in [-0.15, -0.1) is 0 Å². The van der Waals surface area contributed by atoms with Crippen molar-refractivity contribution in [1.29, 1.82) is 0 Å². The molecule has 0 unspecified atom stereocenters. The smallest absolute Gasteiger partial charge is 0.337 e. The minimum absolute atomic E-state index is 0.344. The number of nitrogens with zero attached hydrogens (tertiary/aromatic N) is 1. The van der Waals surface area contributed by atoms with Crippen LogP contribution in [-0.2, 0) is 4.74 Å². The minimum atomic E-state index is -0.344. The Labute approximate surface area is 147 Å². The van der Waals surface area contributed by atoms with Crippen LogP contribution in [0, 0.1) is 0 Å². The third-order valence-electron chi connectivity index (χ3n) is 3.69. The molecule has 0 saturated carbocycles. The average molecular weight is 348 g/mol. The van der Waals surface area contributed by atoms with Gasteiger partial charge >= 0.3 is 5.97 Å². The van der Waals surface area contributed by atoms with Crippen molar-refractivity contribution in [2.24, 2.45) is 0 Å². The summed E-state index contributed by atoms with van der Waals surface area (Å²) in [5, 5.41) is 0.744. The monoisotopic (exact) mass is 347 g/mol. The largest absolute Gasteiger partial charge is 0.494 e. The van der Waals surface area contributed by atoms with Gasteiger partial charge in [0.25, 0.3) is 0 Å². The van der Waals surface area contributed by atoms with Crippen molar-refractivity contribution >= 4 is 23.3 Å². The van der Waals surface area contributed by atoms with E-state index in [0.29, 0.717) is 12.2 Å². The molecule has 0 aliphatic heterocycles. The second-order valence-corrected chi connectivity index (χ2v) is 5.71. The highest BCUT2D eigenvalue weighted by Crippen LogP contribution is 2.18. The Balaban J connectivity index is 1.79. The fraction of sp³-hybridized carbons (Fsp3) is 0.316. The van der Waals surface area contributed by atoms with E-state index in [9.17, 15) is 4.79 Å². The molecule has 4 nitrogen and oxygen atoms in total. The quantitative estimate of drug-likeness (QED) is 0.523. The molecule has 0 amide bonds. The molecule has 2 rings (SSSR count). The van der Waals surface area contributed by atoms with Gasteiger partial charge in [-0.05, 0) is 61.9 Å². The molecule has 24 heavy (non-hydrogen) atoms. The van der Waals surface area contributed by atoms with Crippen molar-refractivity contribution < 1.29 is 14.3 Å². The second-order valence-electron chi connectivity index (χ2n) is 5.27. The van der Waals surface area contributed by atoms with Gasteiger partial charge in [0.1, 0.15) is 5.75 Å². The molecule has 5 heteroatoms. The van der Waals surface area contributed by atoms with E-state index in [0.717, 1.165) is 36.0 Å². The number of hydrogen-bond acceptors (Lipinski definition) is 4. The lowest BCUT2D eigenvalue weighted by molar-refractivity contribution is 0.0600. The predicted molar refractivity (Wildman–Crippen MR) is 97.2 cm³/mol. The van der Waals surface area contributed by atoms with E-state index in [1.165, 1.54) is 7.11 Å². The van der Waals surface area contributed by atoms with Gasteiger partial charge in [0.2, 0.25) is 0 Å². The zero-order valence-corrected chi connectivity index (χ0v) is 14.8. The SMILES string of the molecule is CCN(CCCOc1ccc(C(=O)OC)cc1)c1ccc(Cl)cc1. The van der Waals surface area contributed by atoms with Gasteiger partial charge < -0.3 is 14.4 Å². The van der Waals surface area contributed by atoms with Crippen LogP contribution >= 0.6 is 11.6 Å². The third-order valence-corrected chi connectivity index (χ3v) is 3.94. The summed E-state index contributed by atoms with van der Waals surface area (Å²) in [6.07, 6.45) is 0.898. The Morgan fingerprint density at radius 1 is 1.08 bits per heavy atom. The molecule has 0 N–H and O–H groups in total. The van der Waals surface area contributed by atoms with Gasteiger partial charge in [-0.2, -0.15) is 0 Å². The predicted octanol–water partition coefficient (Wildman–Crippen LogP) is 4.42. The Hall–Kier alpha value is -2.20. The van der Waals surface area contributed by atoms with Crippen molar-refractivity contribution in [2.75, 3.05) is 31.7 Å². The molecule has 0 radical (unpaired) electrons. The number of ether oxygens (including phenoxy) is 2. The van der Waals surface area contributed by atoms with E-state index in [-0.39, 0.29) is 5.97 Å². The molecule has 128 valence electrons. The van der Waals surface area contributed by atoms with Crippen LogP contribution in [0.25, 0.3) is 0 Å². The highest BCUT2D eigenvalue weighted by Gasteiger charge is 2.06. The zero-order valence-electron chi connectivity index (χ0n) is 14.0. The lowest BCUT2D eigenvalue weighted by Gasteiger charge is -2.23. The van der Waals surface area contributed by atoms with E-state index in [4.69, 9.17) is 16.3 Å². The van der Waals surface area contributed by atoms with E-state index in [1.54, 1.807) is 24.3 Å². The number of carbonyl (C=O) groups excluding carboxylic acids is 1. The number of anilines is 1. The van der Waals surface area contributed by atoms with Gasteiger partial charge in [0.05, 0.1) is 19.3 Å². The third kappa shape index (κ3) is 5.17. The Bertz CT molecular complexity index is 641. The molecule has 0 saturated heterocycles. The summed E-state index contributed by atoms with van der Waals surface area (Å²) in [5.74, 6) is 0.403. The van der Waals surface area contributed by atoms with Crippen molar-refractivity contribution in [1.82, 2.24) is 0 Å². The molecule has 0 bridgehead atoms. The number of halogens is 1. The van der Waals surface area contributed by atoms with Crippen molar-refractivity contribution in [3.8, 4) is 5.75 Å². The van der Waals surface area contributed by atoms with Crippen molar-refractivity contribution in [2.45, 2.75) is 13.3 Å². The summed E-state index contributed by atoms with van der Waals surface area (Å²) >= 11 is 5.93. The molecule has 0 aliphatic rings. The molecule has 2 aromatic rings. The van der Waals surface area contributed by atoms with E-state index < -0.39 is 0 Å². The molecule has 0 fully saturated rings. The topological polar surface area (TPSA) is 38.8 Å². The fourth-order valence-corrected chi connectivity index (χ4v) is 2.50. The Morgan fingerprint density at radius 2 is 1.75 bits per heavy atom. The first-order valence-electron chi connectivity index (χ1n) is 7.95. The summed E-state index contributed by atoms with van der Waals surface area (Å²) in [6, 6.07) is 14.8. The Morgan fingerprint density at radius 3 is 2.33 bits per heavy atom. The van der Waals surface area contributed by atoms with Crippen LogP contribution in [0.15, 0.2) is 48.5 Å². The first-order valence-corrected chi connectivity index (χ1v) is 8.33. The minimum Gasteiger partial charge on any atom is -0.494 e. The van der Waals surface area contributed by atoms with E-state index in [1.807, 2.05) is 24.3 Å². The highest BCUT2D eigenvalue weighted by molar-refractivity contribution is 6.30. The second kappa shape index (κ2) is 9.18. The number of esters is 1. The zero-order chi connectivity index (χ0) is 17.4. The molecule has 0 atom stereocenters. The number of rotatable bonds is 8. The summed E-state index contributed by atoms with van der Waals surface area (Å²) in [6.45, 7) is 4.57. The maximum absolute atomic E-state index is 11.4. The first-order chi connectivity index (χ1) is 11.6. The lowest BCUT2D eigenvalue weighted by Crippen LogP contribution is -2.25. The molecule has 0 aromatic heterocycles. The van der Waals surface area contributed by atoms with Gasteiger partial charge in [0.15, 0.2) is 0 Å². The molecule has 0 aliphatic carbocycles. The van der Waals surface area contributed by atoms with Crippen LogP contribution in [-0.4, -0.2) is 32.8 Å². The lowest BCUT2D eigenvalue weighted by atomic mass is 10.2. The van der Waals surface area contributed by atoms with Gasteiger partial charge in [0, 0.05) is 23.8 Å². The fourth-order valence-electron chi connectivity index (χ4n) is 2.37. The van der Waals surface area contributed by atoms with Crippen LogP contribution in [0.3, 0.4) is 0 Å². The van der Waals surface area contributed by atoms with Crippen molar-refractivity contribution in [3.63, 3.8) is 0 Å². The van der Waals surface area contributed by atoms with Crippen LogP contribution in [0.1, 0.15) is 23.7 Å². The molecule has 0 heterocycles. The first kappa shape index (κ1) is 18.1. The molecular formula is C19H22ClNO3. The summed E-state index contributed by atoms with van der Waals surface area (Å²) in [5.41, 5.74) is 1.68. The number of hydrogen-bond donors (Lipinski definition) is 0. The summed E-state index contributed by atoms with van der Waals surface area (Å²) < 4.78 is 10.4. The molecule has 0 spiro atoms. The number of carbonyl (C=O) groups is 1. The van der Waals surface area contributed by atoms with E-state index >= 15 is 0 Å². The maximum atomic E-state index is 11.4. The Kier molecular flexibility index (Phi) is 6.94. The number of methoxy groups -OCH3 is 1. The average Bonchev–Trinajstić information content (AvgIpc) is 2.62. The van der Waals surface area contributed by atoms with Crippen molar-refractivity contribution in [3.05, 3.63) is 59.1 Å². The van der Waals surface area contributed by atoms with Gasteiger partial charge in [-0.25, -0.2) is 4.79 Å². The van der Waals surface area contributed by atoms with Crippen LogP contribution in [0.2, 0.25) is 5.02 Å². The summed E-state index contributed by atoms with van der Waals surface area (Å²) in [4.78, 5) is 13.6. The van der Waals surface area contributed by atoms with Crippen LogP contribution < -0.4 is 9.64 Å². The highest BCUT2D eigenvalue weighted by atomic mass is 35.5. The van der Waals surface area contributed by atoms with Crippen LogP contribution in [0.5, 0.6) is 5.75 Å². The van der Waals surface area contributed by atoms with Gasteiger partial charge in [-0.3, -0.25) is 0 Å². The normalized spacial score (nSPS) is 10.3. The number of benzene rings is 2. The van der Waals surface area contributed by atoms with Gasteiger partial charge in [-0.1, -0.05) is 11.6 Å². The van der Waals surface area contributed by atoms with Crippen LogP contribution in [0.4, 0.5) is 5.69 Å². The van der Waals surface area contributed by atoms with E-state index in [2.05, 4.69) is 16.6 Å². The standard InChI is InChI=1S/C19H22ClNO3/c1-3-21(17-9-7-16(20)8-10-17)13-4-14-24-18-11-5-15(6-12-18)19(22)23-2/h5-12H,3-4,13-14H2,1-2H3. The molecule has 2 aromatic carbocycles. The maximum Gasteiger partial charge on any atom is 0.337 e. The summed E-state index contributed by atoms with van der Waals surface area (Å²) in [7, 11) is 1.37.